The van der Waals surface area contributed by atoms with Gasteiger partial charge in [-0.1, -0.05) is 17.4 Å². The molecule has 1 aliphatic carbocycles. The number of benzene rings is 1. The summed E-state index contributed by atoms with van der Waals surface area (Å²) in [5.74, 6) is -2.15. The topological polar surface area (TPSA) is 134 Å². The first-order valence-electron chi connectivity index (χ1n) is 10.6. The minimum absolute atomic E-state index is 0.0168. The lowest BCUT2D eigenvalue weighted by atomic mass is 10.1. The molecule has 1 aromatic carbocycles. The number of nitrogens with one attached hydrogen (secondary N) is 4. The molecule has 0 unspecified atom stereocenters. The number of carbonyl (C=O) groups excluding carboxylic acids is 2. The number of pyridine rings is 1. The first-order chi connectivity index (χ1) is 16.4. The first kappa shape index (κ1) is 23.5. The fraction of sp³-hybridized carbons (Fsp3) is 0.273. The summed E-state index contributed by atoms with van der Waals surface area (Å²) in [5.41, 5.74) is 5.44. The molecule has 0 bridgehead atoms. The van der Waals surface area contributed by atoms with Crippen molar-refractivity contribution in [2.45, 2.75) is 25.4 Å². The third kappa shape index (κ3) is 6.02. The normalized spacial score (nSPS) is 12.8. The molecule has 2 amide bonds. The highest BCUT2D eigenvalue weighted by atomic mass is 32.1. The van der Waals surface area contributed by atoms with Gasteiger partial charge in [-0.25, -0.2) is 18.7 Å². The number of hydrogen-bond acceptors (Lipinski definition) is 8. The largest absolute Gasteiger partial charge is 0.378 e. The lowest BCUT2D eigenvalue weighted by Gasteiger charge is -2.10. The highest BCUT2D eigenvalue weighted by Crippen LogP contribution is 2.25. The van der Waals surface area contributed by atoms with E-state index in [9.17, 15) is 18.4 Å². The Bertz CT molecular complexity index is 1200. The van der Waals surface area contributed by atoms with Gasteiger partial charge in [0.25, 0.3) is 11.8 Å². The fourth-order valence-electron chi connectivity index (χ4n) is 3.00. The Morgan fingerprint density at radius 3 is 2.74 bits per heavy atom. The summed E-state index contributed by atoms with van der Waals surface area (Å²) < 4.78 is 28.3. The molecule has 4 rings (SSSR count). The van der Waals surface area contributed by atoms with Crippen molar-refractivity contribution in [1.29, 1.82) is 0 Å². The Labute approximate surface area is 198 Å². The number of amides is 2. The second kappa shape index (κ2) is 10.5. The number of aromatic nitrogens is 2. The second-order valence-corrected chi connectivity index (χ2v) is 8.74. The van der Waals surface area contributed by atoms with E-state index in [1.807, 2.05) is 0 Å². The molecule has 0 aliphatic heterocycles. The maximum Gasteiger partial charge on any atom is 0.270 e. The number of rotatable bonds is 10. The molecule has 1 aliphatic rings. The summed E-state index contributed by atoms with van der Waals surface area (Å²) in [6, 6.07) is 6.91. The van der Waals surface area contributed by atoms with Gasteiger partial charge in [-0.05, 0) is 31.0 Å². The number of nitrogens with two attached hydrogens (primary N) is 1. The smallest absolute Gasteiger partial charge is 0.270 e. The van der Waals surface area contributed by atoms with Crippen molar-refractivity contribution < 1.29 is 18.4 Å². The molecule has 178 valence electrons. The Hall–Kier alpha value is -3.64. The van der Waals surface area contributed by atoms with Crippen molar-refractivity contribution in [3.05, 3.63) is 64.3 Å². The van der Waals surface area contributed by atoms with Gasteiger partial charge in [-0.15, -0.1) is 0 Å². The standard InChI is InChI=1S/C22H23F2N7O2S/c23-15-9-16(24)18(8-14(15)20(32)29-12-4-5-12)27-10-13-11-28-22(34-13)31-19-3-1-2-17(30-19)21(33)26-7-6-25/h1-3,8-9,11-12,27H,4-7,10,25H2,(H,26,33)(H,29,32)(H,28,30,31). The number of hydrogen-bond donors (Lipinski definition) is 5. The summed E-state index contributed by atoms with van der Waals surface area (Å²) in [6.07, 6.45) is 3.32. The number of carbonyl (C=O) groups is 2. The van der Waals surface area contributed by atoms with Gasteiger partial charge in [0, 0.05) is 36.3 Å². The van der Waals surface area contributed by atoms with E-state index >= 15 is 0 Å². The van der Waals surface area contributed by atoms with Crippen LogP contribution < -0.4 is 27.0 Å². The van der Waals surface area contributed by atoms with Gasteiger partial charge in [-0.2, -0.15) is 0 Å². The molecule has 0 spiro atoms. The second-order valence-electron chi connectivity index (χ2n) is 7.62. The van der Waals surface area contributed by atoms with E-state index < -0.39 is 17.5 Å². The average Bonchev–Trinajstić information content (AvgIpc) is 3.52. The summed E-state index contributed by atoms with van der Waals surface area (Å²) in [5, 5.41) is 11.8. The zero-order valence-corrected chi connectivity index (χ0v) is 18.8. The maximum absolute atomic E-state index is 14.2. The highest BCUT2D eigenvalue weighted by Gasteiger charge is 2.25. The molecule has 9 nitrogen and oxygen atoms in total. The van der Waals surface area contributed by atoms with Crippen LogP contribution in [0.1, 0.15) is 38.6 Å². The number of nitrogens with zero attached hydrogens (tertiary/aromatic N) is 2. The molecule has 2 heterocycles. The Morgan fingerprint density at radius 1 is 1.15 bits per heavy atom. The van der Waals surface area contributed by atoms with E-state index in [0.29, 0.717) is 30.1 Å². The van der Waals surface area contributed by atoms with Crippen LogP contribution >= 0.6 is 11.3 Å². The Balaban J connectivity index is 1.38. The quantitative estimate of drug-likeness (QED) is 0.297. The predicted octanol–water partition coefficient (Wildman–Crippen LogP) is 2.75. The van der Waals surface area contributed by atoms with Crippen LogP contribution in [0.2, 0.25) is 0 Å². The van der Waals surface area contributed by atoms with Gasteiger partial charge in [0.05, 0.1) is 17.8 Å². The van der Waals surface area contributed by atoms with E-state index in [4.69, 9.17) is 5.73 Å². The van der Waals surface area contributed by atoms with Crippen molar-refractivity contribution in [1.82, 2.24) is 20.6 Å². The minimum Gasteiger partial charge on any atom is -0.378 e. The number of halogens is 2. The molecular formula is C22H23F2N7O2S. The van der Waals surface area contributed by atoms with Crippen LogP contribution in [0.25, 0.3) is 0 Å². The Morgan fingerprint density at radius 2 is 1.97 bits per heavy atom. The lowest BCUT2D eigenvalue weighted by molar-refractivity contribution is 0.0940. The average molecular weight is 488 g/mol. The summed E-state index contributed by atoms with van der Waals surface area (Å²) in [7, 11) is 0. The molecular weight excluding hydrogens is 464 g/mol. The molecule has 0 saturated heterocycles. The first-order valence-corrected chi connectivity index (χ1v) is 11.5. The third-order valence-electron chi connectivity index (χ3n) is 4.87. The van der Waals surface area contributed by atoms with E-state index in [1.54, 1.807) is 24.4 Å². The van der Waals surface area contributed by atoms with Gasteiger partial charge in [0.1, 0.15) is 23.1 Å². The van der Waals surface area contributed by atoms with Crippen LogP contribution in [0, 0.1) is 11.6 Å². The number of thiazole rings is 1. The van der Waals surface area contributed by atoms with Crippen LogP contribution in [0.3, 0.4) is 0 Å². The molecule has 1 saturated carbocycles. The van der Waals surface area contributed by atoms with Gasteiger partial charge in [0.15, 0.2) is 5.13 Å². The SMILES string of the molecule is NCCNC(=O)c1cccc(Nc2ncc(CNc3cc(C(=O)NC4CC4)c(F)cc3F)s2)n1. The molecule has 0 atom stereocenters. The van der Waals surface area contributed by atoms with Crippen molar-refractivity contribution in [3.63, 3.8) is 0 Å². The van der Waals surface area contributed by atoms with E-state index in [-0.39, 0.29) is 35.4 Å². The summed E-state index contributed by atoms with van der Waals surface area (Å²) >= 11 is 1.29. The van der Waals surface area contributed by atoms with Crippen LogP contribution in [-0.4, -0.2) is 40.9 Å². The van der Waals surface area contributed by atoms with Gasteiger partial charge < -0.3 is 27.0 Å². The van der Waals surface area contributed by atoms with Gasteiger partial charge in [0.2, 0.25) is 0 Å². The van der Waals surface area contributed by atoms with E-state index in [1.165, 1.54) is 17.4 Å². The van der Waals surface area contributed by atoms with Crippen molar-refractivity contribution in [2.75, 3.05) is 23.7 Å². The molecule has 1 fully saturated rings. The molecule has 2 aromatic heterocycles. The molecule has 6 N–H and O–H groups in total. The predicted molar refractivity (Wildman–Crippen MR) is 125 cm³/mol. The van der Waals surface area contributed by atoms with Gasteiger partial charge in [-0.3, -0.25) is 9.59 Å². The van der Waals surface area contributed by atoms with Crippen LogP contribution in [0.4, 0.5) is 25.4 Å². The summed E-state index contributed by atoms with van der Waals surface area (Å²) in [4.78, 5) is 33.5. The molecule has 34 heavy (non-hydrogen) atoms. The zero-order chi connectivity index (χ0) is 24.1. The Kier molecular flexibility index (Phi) is 7.28. The van der Waals surface area contributed by atoms with Crippen molar-refractivity contribution in [2.24, 2.45) is 5.73 Å². The summed E-state index contributed by atoms with van der Waals surface area (Å²) in [6.45, 7) is 0.888. The van der Waals surface area contributed by atoms with Crippen LogP contribution in [-0.2, 0) is 6.54 Å². The molecule has 12 heteroatoms. The lowest BCUT2D eigenvalue weighted by Crippen LogP contribution is -2.29. The highest BCUT2D eigenvalue weighted by molar-refractivity contribution is 7.15. The minimum atomic E-state index is -0.906. The van der Waals surface area contributed by atoms with Crippen molar-refractivity contribution in [3.8, 4) is 0 Å². The van der Waals surface area contributed by atoms with Crippen LogP contribution in [0.15, 0.2) is 36.5 Å². The van der Waals surface area contributed by atoms with Crippen molar-refractivity contribution >= 4 is 39.8 Å². The van der Waals surface area contributed by atoms with Gasteiger partial charge >= 0.3 is 0 Å². The van der Waals surface area contributed by atoms with E-state index in [2.05, 4.69) is 31.2 Å². The monoisotopic (exact) mass is 487 g/mol. The zero-order valence-electron chi connectivity index (χ0n) is 18.0. The molecule has 0 radical (unpaired) electrons. The van der Waals surface area contributed by atoms with Crippen LogP contribution in [0.5, 0.6) is 0 Å². The van der Waals surface area contributed by atoms with E-state index in [0.717, 1.165) is 17.7 Å². The maximum atomic E-state index is 14.2. The molecule has 3 aromatic rings. The fourth-order valence-corrected chi connectivity index (χ4v) is 3.75. The number of anilines is 3. The third-order valence-corrected chi connectivity index (χ3v) is 5.78.